The molecule has 0 aromatic rings. The molecule has 1 aliphatic heterocycles. The van der Waals surface area contributed by atoms with Crippen LogP contribution in [0.1, 0.15) is 34.1 Å². The van der Waals surface area contributed by atoms with Gasteiger partial charge in [0.1, 0.15) is 12.1 Å². The molecule has 0 spiro atoms. The molecule has 1 aliphatic rings. The van der Waals surface area contributed by atoms with Crippen LogP contribution in [0.3, 0.4) is 0 Å². The van der Waals surface area contributed by atoms with Gasteiger partial charge in [-0.25, -0.2) is 0 Å². The number of rotatable bonds is 5. The molecule has 0 aromatic carbocycles. The monoisotopic (exact) mass is 242 g/mol. The second-order valence-corrected chi connectivity index (χ2v) is 4.61. The molecule has 1 N–H and O–H groups in total. The predicted octanol–water partition coefficient (Wildman–Crippen LogP) is 0.537. The van der Waals surface area contributed by atoms with Gasteiger partial charge in [-0.3, -0.25) is 9.59 Å². The third kappa shape index (κ3) is 3.43. The molecular formula is C12H22N2O3. The maximum atomic E-state index is 12.0. The van der Waals surface area contributed by atoms with Crippen molar-refractivity contribution in [1.82, 2.24) is 10.2 Å². The summed E-state index contributed by atoms with van der Waals surface area (Å²) in [5.41, 5.74) is 0. The standard InChI is InChI=1S/C12H22N2O3/c1-5-10-11(15)13-9(4)12(16)14(10)6-7-17-8(2)3/h8-10H,5-7H2,1-4H3,(H,13,15). The van der Waals surface area contributed by atoms with Crippen molar-refractivity contribution in [3.05, 3.63) is 0 Å². The summed E-state index contributed by atoms with van der Waals surface area (Å²) in [6.07, 6.45) is 0.771. The minimum atomic E-state index is -0.427. The zero-order chi connectivity index (χ0) is 13.0. The van der Waals surface area contributed by atoms with Crippen LogP contribution in [-0.4, -0.2) is 48.1 Å². The summed E-state index contributed by atoms with van der Waals surface area (Å²) in [7, 11) is 0. The summed E-state index contributed by atoms with van der Waals surface area (Å²) in [6, 6.07) is -0.779. The van der Waals surface area contributed by atoms with E-state index in [1.807, 2.05) is 20.8 Å². The Hall–Kier alpha value is -1.10. The van der Waals surface area contributed by atoms with Crippen LogP contribution in [0.4, 0.5) is 0 Å². The first-order chi connectivity index (χ1) is 7.97. The molecule has 5 nitrogen and oxygen atoms in total. The predicted molar refractivity (Wildman–Crippen MR) is 64.5 cm³/mol. The average molecular weight is 242 g/mol. The molecule has 2 unspecified atom stereocenters. The summed E-state index contributed by atoms with van der Waals surface area (Å²) in [6.45, 7) is 8.47. The number of amides is 2. The van der Waals surface area contributed by atoms with Crippen LogP contribution in [0, 0.1) is 0 Å². The van der Waals surface area contributed by atoms with Crippen molar-refractivity contribution >= 4 is 11.8 Å². The van der Waals surface area contributed by atoms with Crippen LogP contribution in [0.15, 0.2) is 0 Å². The molecule has 1 fully saturated rings. The third-order valence-electron chi connectivity index (χ3n) is 2.86. The highest BCUT2D eigenvalue weighted by molar-refractivity contribution is 5.96. The van der Waals surface area contributed by atoms with E-state index in [0.717, 1.165) is 0 Å². The van der Waals surface area contributed by atoms with Crippen molar-refractivity contribution in [2.24, 2.45) is 0 Å². The molecule has 2 atom stereocenters. The number of carbonyl (C=O) groups is 2. The van der Waals surface area contributed by atoms with Crippen LogP contribution in [0.5, 0.6) is 0 Å². The van der Waals surface area contributed by atoms with E-state index in [1.165, 1.54) is 0 Å². The van der Waals surface area contributed by atoms with Gasteiger partial charge in [-0.2, -0.15) is 0 Å². The number of ether oxygens (including phenoxy) is 1. The molecule has 0 saturated carbocycles. The maximum absolute atomic E-state index is 12.0. The van der Waals surface area contributed by atoms with Crippen molar-refractivity contribution in [1.29, 1.82) is 0 Å². The van der Waals surface area contributed by atoms with E-state index in [0.29, 0.717) is 19.6 Å². The largest absolute Gasteiger partial charge is 0.377 e. The van der Waals surface area contributed by atoms with E-state index in [2.05, 4.69) is 5.32 Å². The lowest BCUT2D eigenvalue weighted by atomic mass is 10.1. The summed E-state index contributed by atoms with van der Waals surface area (Å²) in [5, 5.41) is 2.69. The molecule has 1 rings (SSSR count). The summed E-state index contributed by atoms with van der Waals surface area (Å²) in [5.74, 6) is -0.0899. The Labute approximate surface area is 102 Å². The average Bonchev–Trinajstić information content (AvgIpc) is 2.24. The van der Waals surface area contributed by atoms with Crippen LogP contribution >= 0.6 is 0 Å². The first-order valence-corrected chi connectivity index (χ1v) is 6.19. The van der Waals surface area contributed by atoms with Crippen LogP contribution in [0.2, 0.25) is 0 Å². The second kappa shape index (κ2) is 6.00. The SMILES string of the molecule is CCC1C(=O)NC(C)C(=O)N1CCOC(C)C. The first kappa shape index (κ1) is 14.0. The zero-order valence-electron chi connectivity index (χ0n) is 11.0. The molecule has 5 heteroatoms. The van der Waals surface area contributed by atoms with Gasteiger partial charge in [0.2, 0.25) is 11.8 Å². The topological polar surface area (TPSA) is 58.6 Å². The Morgan fingerprint density at radius 1 is 1.41 bits per heavy atom. The molecule has 0 radical (unpaired) electrons. The van der Waals surface area contributed by atoms with Crippen LogP contribution < -0.4 is 5.32 Å². The highest BCUT2D eigenvalue weighted by atomic mass is 16.5. The van der Waals surface area contributed by atoms with E-state index in [1.54, 1.807) is 11.8 Å². The van der Waals surface area contributed by atoms with E-state index in [-0.39, 0.29) is 24.0 Å². The van der Waals surface area contributed by atoms with Gasteiger partial charge in [0, 0.05) is 6.54 Å². The zero-order valence-corrected chi connectivity index (χ0v) is 11.0. The highest BCUT2D eigenvalue weighted by Gasteiger charge is 2.36. The lowest BCUT2D eigenvalue weighted by Gasteiger charge is -2.37. The number of hydrogen-bond donors (Lipinski definition) is 1. The number of nitrogens with one attached hydrogen (secondary N) is 1. The van der Waals surface area contributed by atoms with Crippen molar-refractivity contribution in [2.45, 2.75) is 52.3 Å². The Balaban J connectivity index is 2.62. The Bertz CT molecular complexity index is 291. The fraction of sp³-hybridized carbons (Fsp3) is 0.833. The molecular weight excluding hydrogens is 220 g/mol. The molecule has 1 heterocycles. The smallest absolute Gasteiger partial charge is 0.245 e. The fourth-order valence-corrected chi connectivity index (χ4v) is 1.97. The van der Waals surface area contributed by atoms with Gasteiger partial charge < -0.3 is 15.0 Å². The van der Waals surface area contributed by atoms with Gasteiger partial charge in [0.25, 0.3) is 0 Å². The van der Waals surface area contributed by atoms with Gasteiger partial charge in [-0.15, -0.1) is 0 Å². The Morgan fingerprint density at radius 2 is 2.06 bits per heavy atom. The number of piperazine rings is 1. The summed E-state index contributed by atoms with van der Waals surface area (Å²) < 4.78 is 5.43. The molecule has 2 amide bonds. The normalized spacial score (nSPS) is 25.4. The van der Waals surface area contributed by atoms with Crippen molar-refractivity contribution < 1.29 is 14.3 Å². The van der Waals surface area contributed by atoms with Gasteiger partial charge in [0.05, 0.1) is 12.7 Å². The van der Waals surface area contributed by atoms with Crippen molar-refractivity contribution in [2.75, 3.05) is 13.2 Å². The highest BCUT2D eigenvalue weighted by Crippen LogP contribution is 2.12. The van der Waals surface area contributed by atoms with E-state index in [4.69, 9.17) is 4.74 Å². The molecule has 1 saturated heterocycles. The summed E-state index contributed by atoms with van der Waals surface area (Å²) >= 11 is 0. The van der Waals surface area contributed by atoms with E-state index in [9.17, 15) is 9.59 Å². The second-order valence-electron chi connectivity index (χ2n) is 4.61. The van der Waals surface area contributed by atoms with E-state index < -0.39 is 6.04 Å². The molecule has 0 aromatic heterocycles. The Morgan fingerprint density at radius 3 is 2.59 bits per heavy atom. The summed E-state index contributed by atoms with van der Waals surface area (Å²) in [4.78, 5) is 25.3. The van der Waals surface area contributed by atoms with Gasteiger partial charge in [-0.05, 0) is 27.2 Å². The number of hydrogen-bond acceptors (Lipinski definition) is 3. The lowest BCUT2D eigenvalue weighted by Crippen LogP contribution is -2.62. The van der Waals surface area contributed by atoms with Crippen LogP contribution in [-0.2, 0) is 14.3 Å². The van der Waals surface area contributed by atoms with Crippen molar-refractivity contribution in [3.8, 4) is 0 Å². The molecule has 0 aliphatic carbocycles. The Kier molecular flexibility index (Phi) is 4.93. The first-order valence-electron chi connectivity index (χ1n) is 6.19. The number of nitrogens with zero attached hydrogens (tertiary/aromatic N) is 1. The van der Waals surface area contributed by atoms with E-state index >= 15 is 0 Å². The van der Waals surface area contributed by atoms with Gasteiger partial charge >= 0.3 is 0 Å². The third-order valence-corrected chi connectivity index (χ3v) is 2.86. The minimum Gasteiger partial charge on any atom is -0.377 e. The van der Waals surface area contributed by atoms with Crippen LogP contribution in [0.25, 0.3) is 0 Å². The van der Waals surface area contributed by atoms with Gasteiger partial charge in [0.15, 0.2) is 0 Å². The molecule has 0 bridgehead atoms. The fourth-order valence-electron chi connectivity index (χ4n) is 1.97. The molecule has 98 valence electrons. The lowest BCUT2D eigenvalue weighted by molar-refractivity contribution is -0.150. The molecule has 17 heavy (non-hydrogen) atoms. The number of carbonyl (C=O) groups excluding carboxylic acids is 2. The minimum absolute atomic E-state index is 0.0243. The van der Waals surface area contributed by atoms with Gasteiger partial charge in [-0.1, -0.05) is 6.92 Å². The maximum Gasteiger partial charge on any atom is 0.245 e. The quantitative estimate of drug-likeness (QED) is 0.765. The van der Waals surface area contributed by atoms with Crippen molar-refractivity contribution in [3.63, 3.8) is 0 Å².